The molecule has 0 saturated carbocycles. The molecule has 5 nitrogen and oxygen atoms in total. The monoisotopic (exact) mass is 680 g/mol. The van der Waals surface area contributed by atoms with Crippen LogP contribution in [-0.4, -0.2) is 109 Å². The van der Waals surface area contributed by atoms with Crippen molar-refractivity contribution in [2.75, 3.05) is 45.2 Å². The number of carboxylic acid groups (broad SMARTS) is 1. The molecule has 1 amide bonds. The molecule has 0 aromatic carbocycles. The maximum absolute atomic E-state index is 13.8. The fourth-order valence-corrected chi connectivity index (χ4v) is 3.77. The summed E-state index contributed by atoms with van der Waals surface area (Å²) in [6, 6.07) is 0. The highest BCUT2D eigenvalue weighted by molar-refractivity contribution is 7.99. The van der Waals surface area contributed by atoms with E-state index in [4.69, 9.17) is 0 Å². The first-order valence-electron chi connectivity index (χ1n) is 10.8. The molecular weight excluding hydrogens is 659 g/mol. The van der Waals surface area contributed by atoms with E-state index in [-0.39, 0.29) is 35.8 Å². The molecule has 0 unspecified atom stereocenters. The number of nitrogens with zero attached hydrogens (tertiary/aromatic N) is 1. The fraction of sp³-hybridized carbons (Fsp3) is 0.895. The number of aliphatic carboxylic acids is 1. The van der Waals surface area contributed by atoms with Crippen LogP contribution in [0.5, 0.6) is 0 Å². The lowest BCUT2D eigenvalue weighted by Crippen LogP contribution is -2.74. The molecule has 0 aliphatic heterocycles. The van der Waals surface area contributed by atoms with Crippen molar-refractivity contribution in [2.45, 2.75) is 60.5 Å². The number of nitrogens with one attached hydrogen (secondary N) is 1. The molecule has 0 radical (unpaired) electrons. The van der Waals surface area contributed by atoms with Crippen molar-refractivity contribution in [3.63, 3.8) is 0 Å². The predicted octanol–water partition coefficient (Wildman–Crippen LogP) is 4.45. The number of halogens is 17. The molecular formula is C19H21F17N2O3S. The van der Waals surface area contributed by atoms with Crippen LogP contribution >= 0.6 is 11.8 Å². The number of amides is 1. The Bertz CT molecular complexity index is 954. The van der Waals surface area contributed by atoms with E-state index in [2.05, 4.69) is 5.32 Å². The predicted molar refractivity (Wildman–Crippen MR) is 107 cm³/mol. The molecule has 0 rings (SSSR count). The van der Waals surface area contributed by atoms with E-state index in [0.29, 0.717) is 0 Å². The van der Waals surface area contributed by atoms with Gasteiger partial charge in [-0.05, 0) is 5.75 Å². The van der Waals surface area contributed by atoms with E-state index in [0.717, 1.165) is 0 Å². The van der Waals surface area contributed by atoms with E-state index in [1.54, 1.807) is 0 Å². The minimum atomic E-state index is -8.67. The van der Waals surface area contributed by atoms with Gasteiger partial charge in [0.1, 0.15) is 6.54 Å². The van der Waals surface area contributed by atoms with Crippen LogP contribution in [0.2, 0.25) is 0 Å². The lowest BCUT2D eigenvalue weighted by molar-refractivity contribution is -0.884. The second-order valence-electron chi connectivity index (χ2n) is 9.34. The molecule has 42 heavy (non-hydrogen) atoms. The number of likely N-dealkylation sites (N-methyl/N-ethyl adjacent to an activating group) is 1. The molecule has 0 heterocycles. The first kappa shape index (κ1) is 40.1. The van der Waals surface area contributed by atoms with E-state index >= 15 is 0 Å². The van der Waals surface area contributed by atoms with Gasteiger partial charge >= 0.3 is 47.6 Å². The largest absolute Gasteiger partial charge is 0.544 e. The third kappa shape index (κ3) is 7.76. The number of carbonyl (C=O) groups is 2. The summed E-state index contributed by atoms with van der Waals surface area (Å²) in [6.45, 7) is -0.385. The smallest absolute Gasteiger partial charge is 0.460 e. The zero-order valence-electron chi connectivity index (χ0n) is 21.0. The number of hydrogen-bond acceptors (Lipinski definition) is 4. The van der Waals surface area contributed by atoms with Gasteiger partial charge in [-0.25, -0.2) is 0 Å². The maximum Gasteiger partial charge on any atom is 0.460 e. The van der Waals surface area contributed by atoms with E-state index in [9.17, 15) is 89.3 Å². The van der Waals surface area contributed by atoms with Gasteiger partial charge in [0.25, 0.3) is 0 Å². The highest BCUT2D eigenvalue weighted by Gasteiger charge is 2.95. The number of rotatable bonds is 17. The van der Waals surface area contributed by atoms with Crippen molar-refractivity contribution in [2.24, 2.45) is 0 Å². The lowest BCUT2D eigenvalue weighted by atomic mass is 9.88. The Labute approximate surface area is 229 Å². The fourth-order valence-electron chi connectivity index (χ4n) is 2.93. The molecule has 1 N–H and O–H groups in total. The Morgan fingerprint density at radius 3 is 1.50 bits per heavy atom. The summed E-state index contributed by atoms with van der Waals surface area (Å²) in [6.07, 6.45) is -10.3. The van der Waals surface area contributed by atoms with Crippen LogP contribution in [0.1, 0.15) is 12.8 Å². The lowest BCUT2D eigenvalue weighted by Gasteiger charge is -2.42. The van der Waals surface area contributed by atoms with Crippen LogP contribution in [0.15, 0.2) is 0 Å². The van der Waals surface area contributed by atoms with E-state index in [1.807, 2.05) is 0 Å². The van der Waals surface area contributed by atoms with Gasteiger partial charge in [0.15, 0.2) is 0 Å². The molecule has 0 aliphatic carbocycles. The highest BCUT2D eigenvalue weighted by Crippen LogP contribution is 2.64. The Kier molecular flexibility index (Phi) is 12.0. The summed E-state index contributed by atoms with van der Waals surface area (Å²) in [5.41, 5.74) is 0. The van der Waals surface area contributed by atoms with Crippen LogP contribution in [0.25, 0.3) is 0 Å². The summed E-state index contributed by atoms with van der Waals surface area (Å²) in [4.78, 5) is 22.2. The molecule has 0 aliphatic rings. The number of alkyl halides is 17. The Morgan fingerprint density at radius 2 is 1.10 bits per heavy atom. The molecule has 0 fully saturated rings. The summed E-state index contributed by atoms with van der Waals surface area (Å²) in [5, 5.41) is 12.7. The van der Waals surface area contributed by atoms with E-state index in [1.165, 1.54) is 14.1 Å². The zero-order valence-corrected chi connectivity index (χ0v) is 21.8. The van der Waals surface area contributed by atoms with Crippen molar-refractivity contribution in [1.29, 1.82) is 0 Å². The SMILES string of the molecule is C[N+](C)(CCCNC(=O)CSCCC(F)(F)C(F)(F)C(F)(F)C(F)(F)C(F)(F)C(F)(F)C(F)(F)C(F)(F)F)CC(=O)[O-]. The number of quaternary nitrogens is 1. The van der Waals surface area contributed by atoms with Gasteiger partial charge in [0.2, 0.25) is 5.91 Å². The number of hydrogen-bond donors (Lipinski definition) is 1. The molecule has 250 valence electrons. The van der Waals surface area contributed by atoms with Gasteiger partial charge in [-0.15, -0.1) is 0 Å². The topological polar surface area (TPSA) is 69.2 Å². The van der Waals surface area contributed by atoms with Gasteiger partial charge in [0, 0.05) is 19.4 Å². The van der Waals surface area contributed by atoms with Crippen molar-refractivity contribution < 1.29 is 93.8 Å². The summed E-state index contributed by atoms with van der Waals surface area (Å²) in [5.74, 6) is -61.4. The van der Waals surface area contributed by atoms with Crippen LogP contribution in [-0.2, 0) is 9.59 Å². The normalized spacial score (nSPS) is 15.1. The molecule has 0 spiro atoms. The van der Waals surface area contributed by atoms with Crippen LogP contribution in [0, 0.1) is 0 Å². The van der Waals surface area contributed by atoms with Crippen LogP contribution < -0.4 is 10.4 Å². The highest BCUT2D eigenvalue weighted by atomic mass is 32.2. The Hall–Kier alpha value is -1.94. The summed E-state index contributed by atoms with van der Waals surface area (Å²) >= 11 is -0.0296. The second-order valence-corrected chi connectivity index (χ2v) is 10.4. The number of carboxylic acids is 1. The zero-order chi connectivity index (χ0) is 34.0. The van der Waals surface area contributed by atoms with Crippen LogP contribution in [0.3, 0.4) is 0 Å². The Balaban J connectivity index is 5.48. The average molecular weight is 680 g/mol. The first-order chi connectivity index (χ1) is 18.3. The third-order valence-electron chi connectivity index (χ3n) is 5.40. The molecule has 0 atom stereocenters. The molecule has 0 aromatic rings. The average Bonchev–Trinajstić information content (AvgIpc) is 2.77. The maximum atomic E-state index is 13.8. The van der Waals surface area contributed by atoms with Crippen molar-refractivity contribution in [3.8, 4) is 0 Å². The minimum Gasteiger partial charge on any atom is -0.544 e. The van der Waals surface area contributed by atoms with Gasteiger partial charge in [0.05, 0.1) is 32.4 Å². The van der Waals surface area contributed by atoms with Gasteiger partial charge in [-0.2, -0.15) is 86.4 Å². The van der Waals surface area contributed by atoms with Crippen molar-refractivity contribution in [1.82, 2.24) is 5.32 Å². The first-order valence-corrected chi connectivity index (χ1v) is 12.0. The Morgan fingerprint density at radius 1 is 0.690 bits per heavy atom. The van der Waals surface area contributed by atoms with Gasteiger partial charge in [-0.1, -0.05) is 0 Å². The number of thioether (sulfide) groups is 1. The van der Waals surface area contributed by atoms with Gasteiger partial charge in [-0.3, -0.25) is 4.79 Å². The van der Waals surface area contributed by atoms with Gasteiger partial charge < -0.3 is 19.7 Å². The second kappa shape index (κ2) is 12.6. The molecule has 23 heteroatoms. The quantitative estimate of drug-likeness (QED) is 0.140. The summed E-state index contributed by atoms with van der Waals surface area (Å²) < 4.78 is 225. The minimum absolute atomic E-state index is 0.0296. The molecule has 0 aromatic heterocycles. The van der Waals surface area contributed by atoms with Crippen molar-refractivity contribution in [3.05, 3.63) is 0 Å². The standard InChI is InChI=1S/C19H21F17N2O3S/c1-38(2,8-11(40)41)6-3-5-37-10(39)9-42-7-4-12(20,21)13(22,23)14(24,25)15(26,27)16(28,29)17(30,31)18(32,33)19(34,35)36/h3-9H2,1-2H3,(H-,37,39,40,41). The molecule has 0 bridgehead atoms. The molecule has 0 saturated heterocycles. The number of carbonyl (C=O) groups excluding carboxylic acids is 2. The summed E-state index contributed by atoms with van der Waals surface area (Å²) in [7, 11) is 2.96. The van der Waals surface area contributed by atoms with E-state index < -0.39 is 84.0 Å². The van der Waals surface area contributed by atoms with Crippen LogP contribution in [0.4, 0.5) is 74.6 Å². The van der Waals surface area contributed by atoms with Crippen molar-refractivity contribution >= 4 is 23.6 Å². The third-order valence-corrected chi connectivity index (χ3v) is 6.36.